The lowest BCUT2D eigenvalue weighted by molar-refractivity contribution is 0.0697. The summed E-state index contributed by atoms with van der Waals surface area (Å²) in [7, 11) is 0. The van der Waals surface area contributed by atoms with E-state index >= 15 is 0 Å². The number of anilines is 1. The number of benzene rings is 1. The molecule has 0 spiro atoms. The highest BCUT2D eigenvalue weighted by Crippen LogP contribution is 2.30. The Hall–Kier alpha value is -1.03. The number of hydrogen-bond donors (Lipinski definition) is 2. The fraction of sp³-hybridized carbons (Fsp3) is 0.462. The van der Waals surface area contributed by atoms with E-state index < -0.39 is 5.97 Å². The number of nitrogens with one attached hydrogen (secondary N) is 1. The number of halogens is 1. The van der Waals surface area contributed by atoms with Crippen LogP contribution in [0.15, 0.2) is 22.7 Å². The van der Waals surface area contributed by atoms with Gasteiger partial charge in [0.1, 0.15) is 0 Å². The van der Waals surface area contributed by atoms with Crippen molar-refractivity contribution in [2.45, 2.75) is 25.7 Å². The Morgan fingerprint density at radius 3 is 2.82 bits per heavy atom. The van der Waals surface area contributed by atoms with Gasteiger partial charge in [-0.3, -0.25) is 0 Å². The van der Waals surface area contributed by atoms with Gasteiger partial charge in [0.05, 0.1) is 5.56 Å². The molecule has 0 aromatic heterocycles. The summed E-state index contributed by atoms with van der Waals surface area (Å²) in [5.41, 5.74) is 1.02. The average Bonchev–Trinajstić information content (AvgIpc) is 2.21. The van der Waals surface area contributed by atoms with Gasteiger partial charge in [-0.15, -0.1) is 0 Å². The van der Waals surface area contributed by atoms with Gasteiger partial charge >= 0.3 is 5.97 Å². The van der Waals surface area contributed by atoms with Crippen molar-refractivity contribution in [2.24, 2.45) is 5.92 Å². The molecule has 1 aromatic rings. The minimum absolute atomic E-state index is 0.320. The van der Waals surface area contributed by atoms with Crippen molar-refractivity contribution in [2.75, 3.05) is 11.9 Å². The first-order valence-corrected chi connectivity index (χ1v) is 6.73. The zero-order valence-electron chi connectivity index (χ0n) is 9.58. The summed E-state index contributed by atoms with van der Waals surface area (Å²) in [4.78, 5) is 11.1. The van der Waals surface area contributed by atoms with Crippen molar-refractivity contribution in [3.8, 4) is 0 Å². The van der Waals surface area contributed by atoms with Crippen LogP contribution in [0.5, 0.6) is 0 Å². The van der Waals surface area contributed by atoms with Gasteiger partial charge in [-0.2, -0.15) is 0 Å². The Morgan fingerprint density at radius 1 is 1.47 bits per heavy atom. The summed E-state index contributed by atoms with van der Waals surface area (Å²) in [5.74, 6) is -0.0634. The Balaban J connectivity index is 1.98. The van der Waals surface area contributed by atoms with E-state index in [1.165, 1.54) is 19.3 Å². The molecule has 0 unspecified atom stereocenters. The summed E-state index contributed by atoms with van der Waals surface area (Å²) in [6.45, 7) is 0.849. The first kappa shape index (κ1) is 12.4. The van der Waals surface area contributed by atoms with Crippen LogP contribution in [0.1, 0.15) is 36.0 Å². The molecule has 3 nitrogen and oxygen atoms in total. The monoisotopic (exact) mass is 297 g/mol. The minimum Gasteiger partial charge on any atom is -0.478 e. The maximum absolute atomic E-state index is 11.1. The molecule has 1 aromatic carbocycles. The van der Waals surface area contributed by atoms with Gasteiger partial charge in [0.2, 0.25) is 0 Å². The first-order valence-electron chi connectivity index (χ1n) is 5.94. The van der Waals surface area contributed by atoms with Crippen LogP contribution in [0.2, 0.25) is 0 Å². The number of aromatic carboxylic acids is 1. The summed E-state index contributed by atoms with van der Waals surface area (Å²) in [5, 5.41) is 12.4. The number of hydrogen-bond acceptors (Lipinski definition) is 2. The Bertz CT molecular complexity index is 416. The number of rotatable bonds is 5. The highest BCUT2D eigenvalue weighted by molar-refractivity contribution is 9.10. The molecule has 1 saturated carbocycles. The zero-order valence-corrected chi connectivity index (χ0v) is 11.2. The van der Waals surface area contributed by atoms with Crippen molar-refractivity contribution in [1.82, 2.24) is 0 Å². The summed E-state index contributed by atoms with van der Waals surface area (Å²) >= 11 is 3.27. The van der Waals surface area contributed by atoms with Crippen LogP contribution < -0.4 is 5.32 Å². The van der Waals surface area contributed by atoms with Crippen molar-refractivity contribution in [3.63, 3.8) is 0 Å². The van der Waals surface area contributed by atoms with E-state index in [9.17, 15) is 4.79 Å². The second-order valence-corrected chi connectivity index (χ2v) is 5.33. The highest BCUT2D eigenvalue weighted by atomic mass is 79.9. The molecule has 0 heterocycles. The van der Waals surface area contributed by atoms with E-state index in [1.807, 2.05) is 12.1 Å². The van der Waals surface area contributed by atoms with Crippen molar-refractivity contribution < 1.29 is 9.90 Å². The predicted molar refractivity (Wildman–Crippen MR) is 71.5 cm³/mol. The highest BCUT2D eigenvalue weighted by Gasteiger charge is 2.17. The van der Waals surface area contributed by atoms with Crippen LogP contribution in [0.4, 0.5) is 5.69 Å². The minimum atomic E-state index is -0.899. The molecule has 17 heavy (non-hydrogen) atoms. The van der Waals surface area contributed by atoms with E-state index in [0.29, 0.717) is 15.7 Å². The van der Waals surface area contributed by atoms with Gasteiger partial charge in [-0.1, -0.05) is 25.3 Å². The Kier molecular flexibility index (Phi) is 4.05. The molecule has 1 fully saturated rings. The first-order chi connectivity index (χ1) is 8.18. The fourth-order valence-corrected chi connectivity index (χ4v) is 2.62. The quantitative estimate of drug-likeness (QED) is 0.870. The third-order valence-corrected chi connectivity index (χ3v) is 3.98. The van der Waals surface area contributed by atoms with Crippen molar-refractivity contribution in [1.29, 1.82) is 0 Å². The van der Waals surface area contributed by atoms with Gasteiger partial charge in [0, 0.05) is 16.7 Å². The van der Waals surface area contributed by atoms with E-state index in [1.54, 1.807) is 6.07 Å². The normalized spacial score (nSPS) is 15.4. The smallest absolute Gasteiger partial charge is 0.338 e. The summed E-state index contributed by atoms with van der Waals surface area (Å²) < 4.78 is 0.624. The number of carboxylic acid groups (broad SMARTS) is 1. The standard InChI is InChI=1S/C13H16BrNO2/c14-10-5-2-6-11(12(10)13(16)17)15-8-7-9-3-1-4-9/h2,5-6,9,15H,1,3-4,7-8H2,(H,16,17). The third-order valence-electron chi connectivity index (χ3n) is 3.32. The van der Waals surface area contributed by atoms with E-state index in [4.69, 9.17) is 5.11 Å². The van der Waals surface area contributed by atoms with Crippen molar-refractivity contribution in [3.05, 3.63) is 28.2 Å². The van der Waals surface area contributed by atoms with E-state index in [-0.39, 0.29) is 0 Å². The van der Waals surface area contributed by atoms with Gasteiger partial charge in [-0.05, 0) is 40.4 Å². The second-order valence-electron chi connectivity index (χ2n) is 4.48. The fourth-order valence-electron chi connectivity index (χ4n) is 2.08. The Labute approximate surface area is 109 Å². The van der Waals surface area contributed by atoms with Crippen LogP contribution in [0.25, 0.3) is 0 Å². The molecule has 0 atom stereocenters. The third kappa shape index (κ3) is 3.00. The topological polar surface area (TPSA) is 49.3 Å². The number of carbonyl (C=O) groups is 1. The number of carboxylic acids is 1. The van der Waals surface area contributed by atoms with E-state index in [2.05, 4.69) is 21.2 Å². The second kappa shape index (κ2) is 5.54. The molecule has 0 saturated heterocycles. The Morgan fingerprint density at radius 2 is 2.24 bits per heavy atom. The molecule has 1 aliphatic rings. The predicted octanol–water partition coefficient (Wildman–Crippen LogP) is 3.75. The molecule has 0 amide bonds. The van der Waals surface area contributed by atoms with Gasteiger partial charge < -0.3 is 10.4 Å². The molecule has 0 bridgehead atoms. The van der Waals surface area contributed by atoms with Crippen LogP contribution >= 0.6 is 15.9 Å². The van der Waals surface area contributed by atoms with Crippen LogP contribution in [-0.2, 0) is 0 Å². The molecule has 4 heteroatoms. The SMILES string of the molecule is O=C(O)c1c(Br)cccc1NCCC1CCC1. The van der Waals surface area contributed by atoms with Crippen molar-refractivity contribution >= 4 is 27.6 Å². The maximum Gasteiger partial charge on any atom is 0.338 e. The van der Waals surface area contributed by atoms with Gasteiger partial charge in [0.25, 0.3) is 0 Å². The van der Waals surface area contributed by atoms with Gasteiger partial charge in [-0.25, -0.2) is 4.79 Å². The lowest BCUT2D eigenvalue weighted by Crippen LogP contribution is -2.16. The van der Waals surface area contributed by atoms with Crippen LogP contribution in [-0.4, -0.2) is 17.6 Å². The van der Waals surface area contributed by atoms with Gasteiger partial charge in [0.15, 0.2) is 0 Å². The molecule has 0 aliphatic heterocycles. The lowest BCUT2D eigenvalue weighted by atomic mass is 9.83. The molecule has 2 N–H and O–H groups in total. The summed E-state index contributed by atoms with van der Waals surface area (Å²) in [6.07, 6.45) is 5.13. The maximum atomic E-state index is 11.1. The van der Waals surface area contributed by atoms with Crippen LogP contribution in [0, 0.1) is 5.92 Å². The van der Waals surface area contributed by atoms with Crippen LogP contribution in [0.3, 0.4) is 0 Å². The molecule has 1 aliphatic carbocycles. The molecule has 2 rings (SSSR count). The molecular weight excluding hydrogens is 282 g/mol. The lowest BCUT2D eigenvalue weighted by Gasteiger charge is -2.25. The molecule has 0 radical (unpaired) electrons. The largest absolute Gasteiger partial charge is 0.478 e. The zero-order chi connectivity index (χ0) is 12.3. The van der Waals surface area contributed by atoms with E-state index in [0.717, 1.165) is 18.9 Å². The average molecular weight is 298 g/mol. The molecular formula is C13H16BrNO2. The molecule has 92 valence electrons. The summed E-state index contributed by atoms with van der Waals surface area (Å²) in [6, 6.07) is 5.41.